The minimum absolute atomic E-state index is 0.168. The van der Waals surface area contributed by atoms with Crippen LogP contribution in [-0.4, -0.2) is 29.2 Å². The highest BCUT2D eigenvalue weighted by Crippen LogP contribution is 2.30. The second kappa shape index (κ2) is 9.07. The van der Waals surface area contributed by atoms with Gasteiger partial charge in [-0.1, -0.05) is 46.8 Å². The van der Waals surface area contributed by atoms with E-state index in [-0.39, 0.29) is 19.1 Å². The molecule has 0 aliphatic carbocycles. The van der Waals surface area contributed by atoms with Gasteiger partial charge in [0.25, 0.3) is 5.91 Å². The van der Waals surface area contributed by atoms with E-state index >= 15 is 0 Å². The van der Waals surface area contributed by atoms with Crippen molar-refractivity contribution in [1.82, 2.24) is 15.5 Å². The number of hydrogen-bond donors (Lipinski definition) is 1. The molecule has 1 N–H and O–H groups in total. The highest BCUT2D eigenvalue weighted by molar-refractivity contribution is 6.33. The number of nitrogens with zero attached hydrogens (tertiary/aromatic N) is 2. The molecule has 0 unspecified atom stereocenters. The molecule has 0 fully saturated rings. The molecule has 2 aromatic heterocycles. The van der Waals surface area contributed by atoms with Crippen LogP contribution < -0.4 is 10.1 Å². The molecule has 0 saturated heterocycles. The first-order valence-corrected chi connectivity index (χ1v) is 8.94. The summed E-state index contributed by atoms with van der Waals surface area (Å²) >= 11 is 6.21. The average Bonchev–Trinajstić information content (AvgIpc) is 3.07. The maximum Gasteiger partial charge on any atom is 0.257 e. The number of halogens is 1. The van der Waals surface area contributed by atoms with Crippen molar-refractivity contribution in [2.75, 3.05) is 13.2 Å². The van der Waals surface area contributed by atoms with Gasteiger partial charge in [-0.2, -0.15) is 0 Å². The van der Waals surface area contributed by atoms with E-state index < -0.39 is 0 Å². The van der Waals surface area contributed by atoms with Gasteiger partial charge >= 0.3 is 0 Å². The van der Waals surface area contributed by atoms with E-state index in [1.807, 2.05) is 31.2 Å². The zero-order valence-electron chi connectivity index (χ0n) is 15.5. The Bertz CT molecular complexity index is 1030. The van der Waals surface area contributed by atoms with Crippen LogP contribution in [0.5, 0.6) is 5.75 Å². The highest BCUT2D eigenvalue weighted by atomic mass is 35.5. The van der Waals surface area contributed by atoms with Crippen molar-refractivity contribution >= 4 is 17.5 Å². The lowest BCUT2D eigenvalue weighted by atomic mass is 10.1. The van der Waals surface area contributed by atoms with Gasteiger partial charge in [0.1, 0.15) is 29.4 Å². The number of benzene rings is 1. The molecule has 0 aliphatic heterocycles. The number of carbonyl (C=O) groups is 1. The van der Waals surface area contributed by atoms with Crippen LogP contribution in [0.1, 0.15) is 21.8 Å². The Morgan fingerprint density at radius 2 is 2.04 bits per heavy atom. The van der Waals surface area contributed by atoms with E-state index in [2.05, 4.69) is 27.3 Å². The van der Waals surface area contributed by atoms with E-state index in [0.29, 0.717) is 33.4 Å². The fourth-order valence-electron chi connectivity index (χ4n) is 2.46. The van der Waals surface area contributed by atoms with Crippen molar-refractivity contribution in [3.63, 3.8) is 0 Å². The summed E-state index contributed by atoms with van der Waals surface area (Å²) in [6.45, 7) is 3.96. The number of aryl methyl sites for hydroxylation is 2. The Balaban J connectivity index is 1.58. The molecular formula is C21H18ClN3O3. The number of amides is 1. The van der Waals surface area contributed by atoms with Gasteiger partial charge in [0.15, 0.2) is 0 Å². The number of nitrogens with one attached hydrogen (secondary N) is 1. The molecular weight excluding hydrogens is 378 g/mol. The number of aromatic nitrogens is 2. The van der Waals surface area contributed by atoms with Crippen molar-refractivity contribution in [2.24, 2.45) is 0 Å². The number of rotatable bonds is 5. The summed E-state index contributed by atoms with van der Waals surface area (Å²) < 4.78 is 10.7. The van der Waals surface area contributed by atoms with E-state index in [4.69, 9.17) is 20.9 Å². The lowest BCUT2D eigenvalue weighted by molar-refractivity contribution is 0.0957. The maximum atomic E-state index is 12.6. The first kappa shape index (κ1) is 19.5. The molecule has 0 spiro atoms. The largest absolute Gasteiger partial charge is 0.479 e. The molecule has 0 saturated carbocycles. The third-order valence-electron chi connectivity index (χ3n) is 3.88. The van der Waals surface area contributed by atoms with Gasteiger partial charge in [-0.05, 0) is 32.0 Å². The molecule has 2 heterocycles. The normalized spacial score (nSPS) is 10.1. The number of ether oxygens (including phenoxy) is 1. The Labute approximate surface area is 167 Å². The van der Waals surface area contributed by atoms with Crippen LogP contribution in [0.4, 0.5) is 0 Å². The van der Waals surface area contributed by atoms with Crippen molar-refractivity contribution in [1.29, 1.82) is 0 Å². The van der Waals surface area contributed by atoms with Gasteiger partial charge in [-0.3, -0.25) is 9.78 Å². The minimum Gasteiger partial charge on any atom is -0.479 e. The smallest absolute Gasteiger partial charge is 0.257 e. The quantitative estimate of drug-likeness (QED) is 0.664. The lowest BCUT2D eigenvalue weighted by Crippen LogP contribution is -2.24. The molecule has 0 atom stereocenters. The fourth-order valence-corrected chi connectivity index (χ4v) is 2.69. The number of carbonyl (C=O) groups excluding carboxylic acids is 1. The van der Waals surface area contributed by atoms with E-state index in [9.17, 15) is 4.79 Å². The highest BCUT2D eigenvalue weighted by Gasteiger charge is 2.22. The summed E-state index contributed by atoms with van der Waals surface area (Å²) in [5.41, 5.74) is 2.30. The summed E-state index contributed by atoms with van der Waals surface area (Å²) in [6, 6.07) is 10.8. The van der Waals surface area contributed by atoms with Gasteiger partial charge in [0.05, 0.1) is 17.8 Å². The van der Waals surface area contributed by atoms with Crippen LogP contribution in [-0.2, 0) is 0 Å². The Kier molecular flexibility index (Phi) is 6.30. The van der Waals surface area contributed by atoms with Crippen molar-refractivity contribution in [3.05, 3.63) is 64.6 Å². The zero-order valence-corrected chi connectivity index (χ0v) is 16.2. The van der Waals surface area contributed by atoms with Crippen LogP contribution in [0.25, 0.3) is 11.3 Å². The van der Waals surface area contributed by atoms with Gasteiger partial charge in [0, 0.05) is 11.3 Å². The van der Waals surface area contributed by atoms with Crippen molar-refractivity contribution in [3.8, 4) is 28.8 Å². The second-order valence-corrected chi connectivity index (χ2v) is 6.31. The molecule has 0 bridgehead atoms. The molecule has 3 aromatic rings. The molecule has 0 radical (unpaired) electrons. The summed E-state index contributed by atoms with van der Waals surface area (Å²) in [7, 11) is 0. The third kappa shape index (κ3) is 4.70. The molecule has 0 aliphatic rings. The van der Waals surface area contributed by atoms with Gasteiger partial charge < -0.3 is 14.6 Å². The van der Waals surface area contributed by atoms with Crippen molar-refractivity contribution < 1.29 is 14.1 Å². The van der Waals surface area contributed by atoms with Gasteiger partial charge in [-0.25, -0.2) is 0 Å². The van der Waals surface area contributed by atoms with Gasteiger partial charge in [0.2, 0.25) is 0 Å². The molecule has 1 amide bonds. The van der Waals surface area contributed by atoms with Gasteiger partial charge in [-0.15, -0.1) is 0 Å². The first-order valence-electron chi connectivity index (χ1n) is 8.57. The Morgan fingerprint density at radius 3 is 2.79 bits per heavy atom. The van der Waals surface area contributed by atoms with Crippen LogP contribution in [0.3, 0.4) is 0 Å². The summed E-state index contributed by atoms with van der Waals surface area (Å²) in [4.78, 5) is 16.7. The first-order chi connectivity index (χ1) is 13.6. The standard InChI is InChI=1S/C21H18ClN3O3/c1-14-9-10-16(13-24-14)27-12-6-5-11-23-21(26)19-15(2)28-25-20(19)17-7-3-4-8-18(17)22/h3-4,7-10,13H,11-12H2,1-2H3,(H,23,26). The Hall–Kier alpha value is -3.30. The summed E-state index contributed by atoms with van der Waals surface area (Å²) in [5.74, 6) is 6.42. The van der Waals surface area contributed by atoms with Crippen LogP contribution in [0.2, 0.25) is 5.02 Å². The van der Waals surface area contributed by atoms with Crippen LogP contribution >= 0.6 is 11.6 Å². The summed E-state index contributed by atoms with van der Waals surface area (Å²) in [6.07, 6.45) is 1.64. The summed E-state index contributed by atoms with van der Waals surface area (Å²) in [5, 5.41) is 7.21. The van der Waals surface area contributed by atoms with Crippen LogP contribution in [0, 0.1) is 25.7 Å². The average molecular weight is 396 g/mol. The van der Waals surface area contributed by atoms with E-state index in [1.54, 1.807) is 25.3 Å². The molecule has 28 heavy (non-hydrogen) atoms. The lowest BCUT2D eigenvalue weighted by Gasteiger charge is -2.04. The predicted octanol–water partition coefficient (Wildman–Crippen LogP) is 3.82. The molecule has 142 valence electrons. The topological polar surface area (TPSA) is 77.2 Å². The Morgan fingerprint density at radius 1 is 1.21 bits per heavy atom. The second-order valence-electron chi connectivity index (χ2n) is 5.90. The predicted molar refractivity (Wildman–Crippen MR) is 106 cm³/mol. The number of pyridine rings is 1. The van der Waals surface area contributed by atoms with Crippen molar-refractivity contribution in [2.45, 2.75) is 13.8 Å². The third-order valence-corrected chi connectivity index (χ3v) is 4.21. The fraction of sp³-hybridized carbons (Fsp3) is 0.190. The number of hydrogen-bond acceptors (Lipinski definition) is 5. The monoisotopic (exact) mass is 395 g/mol. The SMILES string of the molecule is Cc1ccc(OCC#CCNC(=O)c2c(-c3ccccc3Cl)noc2C)cn1. The molecule has 3 rings (SSSR count). The molecule has 7 heteroatoms. The molecule has 1 aromatic carbocycles. The van der Waals surface area contributed by atoms with E-state index in [1.165, 1.54) is 0 Å². The van der Waals surface area contributed by atoms with E-state index in [0.717, 1.165) is 5.69 Å². The maximum absolute atomic E-state index is 12.6. The zero-order chi connectivity index (χ0) is 19.9. The minimum atomic E-state index is -0.327. The molecule has 6 nitrogen and oxygen atoms in total. The van der Waals surface area contributed by atoms with Crippen LogP contribution in [0.15, 0.2) is 47.1 Å².